The Morgan fingerprint density at radius 2 is 1.27 bits per heavy atom. The Morgan fingerprint density at radius 3 is 1.82 bits per heavy atom. The van der Waals surface area contributed by atoms with Crippen molar-refractivity contribution in [2.45, 2.75) is 90.1 Å². The molecule has 0 radical (unpaired) electrons. The summed E-state index contributed by atoms with van der Waals surface area (Å²) in [5, 5.41) is 0. The summed E-state index contributed by atoms with van der Waals surface area (Å²) in [6.45, 7) is 2.73. The molecular formula is C32H44N4O3S. The lowest BCUT2D eigenvalue weighted by atomic mass is 10.0. The predicted octanol–water partition coefficient (Wildman–Crippen LogP) is 7.13. The van der Waals surface area contributed by atoms with Crippen LogP contribution in [0.4, 0.5) is 5.69 Å². The standard InChI is InChI=1S/C32H44N4O3S/c37-32(18-13-14-28-19-21-29(22-20-28)35-40(38)39)17-7-5-3-1-2-4-6-12-25-36(26-30-15-8-10-23-33-30)27-31-16-9-11-24-34-31/h8-11,15-16,19-24,35H,1-7,12-14,17-18,25-27H2,(H,38,39). The van der Waals surface area contributed by atoms with Crippen molar-refractivity contribution in [1.29, 1.82) is 0 Å². The van der Waals surface area contributed by atoms with Crippen LogP contribution < -0.4 is 4.72 Å². The summed E-state index contributed by atoms with van der Waals surface area (Å²) in [5.41, 5.74) is 3.94. The molecule has 8 heteroatoms. The quantitative estimate of drug-likeness (QED) is 0.106. The molecule has 0 saturated heterocycles. The number of aromatic nitrogens is 2. The van der Waals surface area contributed by atoms with E-state index in [0.29, 0.717) is 24.3 Å². The van der Waals surface area contributed by atoms with Gasteiger partial charge in [0.15, 0.2) is 0 Å². The number of aryl methyl sites for hydroxylation is 1. The molecule has 2 N–H and O–H groups in total. The van der Waals surface area contributed by atoms with Gasteiger partial charge >= 0.3 is 0 Å². The van der Waals surface area contributed by atoms with Crippen molar-refractivity contribution in [3.05, 3.63) is 90.0 Å². The van der Waals surface area contributed by atoms with Crippen molar-refractivity contribution in [3.63, 3.8) is 0 Å². The highest BCUT2D eigenvalue weighted by Crippen LogP contribution is 2.15. The van der Waals surface area contributed by atoms with Gasteiger partial charge < -0.3 is 0 Å². The van der Waals surface area contributed by atoms with Crippen molar-refractivity contribution in [2.24, 2.45) is 0 Å². The molecule has 2 heterocycles. The third-order valence-electron chi connectivity index (χ3n) is 6.98. The summed E-state index contributed by atoms with van der Waals surface area (Å²) in [6, 6.07) is 19.6. The molecule has 0 bridgehead atoms. The maximum atomic E-state index is 12.2. The molecule has 0 fully saturated rings. The SMILES string of the molecule is O=C(CCCCCCCCCCN(Cc1ccccn1)Cc1ccccn1)CCCc1ccc(NS(=O)O)cc1. The Bertz CT molecular complexity index is 1070. The number of carbonyl (C=O) groups excluding carboxylic acids is 1. The second-order valence-electron chi connectivity index (χ2n) is 10.4. The zero-order chi connectivity index (χ0) is 28.3. The lowest BCUT2D eigenvalue weighted by Gasteiger charge is -2.21. The van der Waals surface area contributed by atoms with Crippen LogP contribution >= 0.6 is 0 Å². The molecule has 3 rings (SSSR count). The number of nitrogens with zero attached hydrogens (tertiary/aromatic N) is 3. The predicted molar refractivity (Wildman–Crippen MR) is 163 cm³/mol. The molecule has 0 aliphatic rings. The number of nitrogens with one attached hydrogen (secondary N) is 1. The minimum Gasteiger partial charge on any atom is -0.300 e. The highest BCUT2D eigenvalue weighted by Gasteiger charge is 2.09. The molecule has 1 atom stereocenters. The van der Waals surface area contributed by atoms with Gasteiger partial charge in [0.25, 0.3) is 11.3 Å². The van der Waals surface area contributed by atoms with Crippen LogP contribution in [0.15, 0.2) is 73.1 Å². The number of hydrogen-bond acceptors (Lipinski definition) is 5. The number of anilines is 1. The number of carbonyl (C=O) groups is 1. The Labute approximate surface area is 242 Å². The number of unbranched alkanes of at least 4 members (excludes halogenated alkanes) is 7. The fraction of sp³-hybridized carbons (Fsp3) is 0.469. The van der Waals surface area contributed by atoms with Crippen LogP contribution in [0, 0.1) is 0 Å². The van der Waals surface area contributed by atoms with E-state index in [1.54, 1.807) is 12.1 Å². The maximum absolute atomic E-state index is 12.2. The van der Waals surface area contributed by atoms with Gasteiger partial charge in [-0.05, 0) is 74.2 Å². The summed E-state index contributed by atoms with van der Waals surface area (Å²) in [5.74, 6) is 0.356. The molecule has 0 saturated carbocycles. The van der Waals surface area contributed by atoms with E-state index < -0.39 is 11.3 Å². The smallest absolute Gasteiger partial charge is 0.259 e. The van der Waals surface area contributed by atoms with Crippen LogP contribution in [0.1, 0.15) is 87.6 Å². The number of rotatable bonds is 21. The van der Waals surface area contributed by atoms with Crippen molar-refractivity contribution in [2.75, 3.05) is 11.3 Å². The molecule has 1 aromatic carbocycles. The van der Waals surface area contributed by atoms with Gasteiger partial charge in [-0.3, -0.25) is 28.9 Å². The van der Waals surface area contributed by atoms with E-state index in [1.165, 1.54) is 38.5 Å². The van der Waals surface area contributed by atoms with E-state index >= 15 is 0 Å². The second kappa shape index (κ2) is 19.2. The zero-order valence-electron chi connectivity index (χ0n) is 23.5. The van der Waals surface area contributed by atoms with Crippen LogP contribution in [-0.4, -0.2) is 36.0 Å². The number of benzene rings is 1. The Balaban J connectivity index is 1.18. The van der Waals surface area contributed by atoms with Gasteiger partial charge in [0.1, 0.15) is 5.78 Å². The van der Waals surface area contributed by atoms with Crippen molar-refractivity contribution < 1.29 is 13.6 Å². The molecule has 0 aliphatic heterocycles. The first-order chi connectivity index (χ1) is 19.6. The highest BCUT2D eigenvalue weighted by atomic mass is 32.2. The Morgan fingerprint density at radius 1 is 0.725 bits per heavy atom. The van der Waals surface area contributed by atoms with Crippen molar-refractivity contribution in [3.8, 4) is 0 Å². The fourth-order valence-electron chi connectivity index (χ4n) is 4.83. The molecule has 0 aliphatic carbocycles. The lowest BCUT2D eigenvalue weighted by molar-refractivity contribution is -0.119. The van der Waals surface area contributed by atoms with Gasteiger partial charge in [0.05, 0.1) is 11.4 Å². The number of pyridine rings is 2. The summed E-state index contributed by atoms with van der Waals surface area (Å²) in [7, 11) is 0. The molecular weight excluding hydrogens is 520 g/mol. The molecule has 40 heavy (non-hydrogen) atoms. The van der Waals surface area contributed by atoms with Gasteiger partial charge in [0, 0.05) is 44.0 Å². The van der Waals surface area contributed by atoms with E-state index in [0.717, 1.165) is 62.3 Å². The van der Waals surface area contributed by atoms with E-state index in [2.05, 4.69) is 31.7 Å². The minimum atomic E-state index is -2.06. The molecule has 0 amide bonds. The lowest BCUT2D eigenvalue weighted by Crippen LogP contribution is -2.25. The van der Waals surface area contributed by atoms with Crippen molar-refractivity contribution in [1.82, 2.24) is 14.9 Å². The Kier molecular flexibility index (Phi) is 15.2. The van der Waals surface area contributed by atoms with Crippen LogP contribution in [0.3, 0.4) is 0 Å². The van der Waals surface area contributed by atoms with Gasteiger partial charge in [0.2, 0.25) is 0 Å². The molecule has 7 nitrogen and oxygen atoms in total. The molecule has 0 spiro atoms. The summed E-state index contributed by atoms with van der Waals surface area (Å²) in [6.07, 6.45) is 16.2. The zero-order valence-corrected chi connectivity index (χ0v) is 24.4. The van der Waals surface area contributed by atoms with E-state index in [9.17, 15) is 9.00 Å². The summed E-state index contributed by atoms with van der Waals surface area (Å²) >= 11 is -2.06. The largest absolute Gasteiger partial charge is 0.300 e. The molecule has 1 unspecified atom stereocenters. The van der Waals surface area contributed by atoms with Crippen molar-refractivity contribution >= 4 is 22.7 Å². The summed E-state index contributed by atoms with van der Waals surface area (Å²) < 4.78 is 22.1. The monoisotopic (exact) mass is 564 g/mol. The van der Waals surface area contributed by atoms with Gasteiger partial charge in [-0.25, -0.2) is 4.21 Å². The van der Waals surface area contributed by atoms with Gasteiger partial charge in [-0.1, -0.05) is 62.8 Å². The number of Topliss-reactive ketones (excluding diaryl/α,β-unsaturated/α-hetero) is 1. The first-order valence-corrected chi connectivity index (χ1v) is 15.7. The van der Waals surface area contributed by atoms with Crippen LogP contribution in [-0.2, 0) is 35.6 Å². The normalized spacial score (nSPS) is 11.9. The maximum Gasteiger partial charge on any atom is 0.259 e. The third-order valence-corrected chi connectivity index (χ3v) is 7.39. The first kappa shape index (κ1) is 31.6. The van der Waals surface area contributed by atoms with E-state index in [-0.39, 0.29) is 0 Å². The van der Waals surface area contributed by atoms with Crippen LogP contribution in [0.5, 0.6) is 0 Å². The average molecular weight is 565 g/mol. The molecule has 216 valence electrons. The van der Waals surface area contributed by atoms with Crippen LogP contribution in [0.2, 0.25) is 0 Å². The number of ketones is 1. The third kappa shape index (κ3) is 13.9. The topological polar surface area (TPSA) is 95.4 Å². The minimum absolute atomic E-state index is 0.356. The second-order valence-corrected chi connectivity index (χ2v) is 11.1. The van der Waals surface area contributed by atoms with Gasteiger partial charge in [-0.2, -0.15) is 0 Å². The molecule has 2 aromatic heterocycles. The average Bonchev–Trinajstić information content (AvgIpc) is 2.95. The van der Waals surface area contributed by atoms with E-state index in [4.69, 9.17) is 4.55 Å². The Hall–Kier alpha value is -2.94. The number of hydrogen-bond donors (Lipinski definition) is 2. The molecule has 3 aromatic rings. The first-order valence-electron chi connectivity index (χ1n) is 14.6. The summed E-state index contributed by atoms with van der Waals surface area (Å²) in [4.78, 5) is 23.7. The highest BCUT2D eigenvalue weighted by molar-refractivity contribution is 7.80. The van der Waals surface area contributed by atoms with Crippen LogP contribution in [0.25, 0.3) is 0 Å². The van der Waals surface area contributed by atoms with E-state index in [1.807, 2.05) is 48.8 Å². The van der Waals surface area contributed by atoms with Gasteiger partial charge in [-0.15, -0.1) is 0 Å². The fourth-order valence-corrected chi connectivity index (χ4v) is 5.17.